The Morgan fingerprint density at radius 1 is 0.437 bits per heavy atom. The van der Waals surface area contributed by atoms with Crippen LogP contribution >= 0.6 is 11.3 Å². The van der Waals surface area contributed by atoms with E-state index in [1.54, 1.807) is 12.1 Å². The molecule has 0 radical (unpaired) electrons. The molecular weight excluding hydrogens is 889 g/mol. The highest BCUT2D eigenvalue weighted by atomic mass is 32.1. The molecule has 15 aromatic rings. The molecule has 8 heteroatoms. The first kappa shape index (κ1) is 23.1. The van der Waals surface area contributed by atoms with Gasteiger partial charge in [-0.2, -0.15) is 10.5 Å². The van der Waals surface area contributed by atoms with Gasteiger partial charge in [-0.05, 0) is 73.5 Å². The van der Waals surface area contributed by atoms with E-state index in [9.17, 15) is 40.3 Å². The highest BCUT2D eigenvalue weighted by molar-refractivity contribution is 7.26. The molecule has 0 unspecified atom stereocenters. The number of thiophene rings is 1. The Bertz CT molecular complexity index is 6110. The fraction of sp³-hybridized carbons (Fsp3) is 0.0159. The van der Waals surface area contributed by atoms with Crippen molar-refractivity contribution in [2.75, 3.05) is 0 Å². The number of nitrogens with zero attached hydrogens (tertiary/aromatic N) is 6. The lowest BCUT2D eigenvalue weighted by atomic mass is 9.98. The van der Waals surface area contributed by atoms with Gasteiger partial charge in [0.05, 0.1) is 103 Å². The molecule has 1 N–H and O–H groups in total. The van der Waals surface area contributed by atoms with Gasteiger partial charge >= 0.3 is 0 Å². The SMILES string of the molecule is [2H]c1c([2H])c([2H])c2c(c1[2H])c1c([2H])c([2H])c([2H])c([2H])c1n2-c1c(C#N)c(-n2c3ccc(C)cc3c3ccc4c5ccccc5sc4c32)c(-n2c3c([2H])c([2H])c([2H])c([2H])c3c3c([2H])c([2H])c([2H])c([2H])c32)c(C#N)c1-n1c2c([2H])c([2H])c([2H])c([2H])c2c2c([2H])c(O)c([2H])c([2H])c21. The van der Waals surface area contributed by atoms with E-state index in [2.05, 4.69) is 12.1 Å². The van der Waals surface area contributed by atoms with Gasteiger partial charge in [0.25, 0.3) is 0 Å². The zero-order chi connectivity index (χ0) is 67.2. The van der Waals surface area contributed by atoms with Crippen LogP contribution in [-0.2, 0) is 0 Å². The molecule has 10 aromatic carbocycles. The highest BCUT2D eigenvalue weighted by Gasteiger charge is 2.35. The predicted molar refractivity (Wildman–Crippen MR) is 293 cm³/mol. The lowest BCUT2D eigenvalue weighted by Gasteiger charge is -2.27. The van der Waals surface area contributed by atoms with Gasteiger partial charge in [-0.1, -0.05) is 133 Å². The van der Waals surface area contributed by atoms with Crippen LogP contribution in [0.2, 0.25) is 0 Å². The molecule has 0 saturated carbocycles. The first-order valence-corrected chi connectivity index (χ1v) is 22.6. The van der Waals surface area contributed by atoms with Crippen LogP contribution in [0.1, 0.15) is 48.2 Å². The van der Waals surface area contributed by atoms with Gasteiger partial charge in [0, 0.05) is 58.6 Å². The number of aromatic nitrogens is 4. The highest BCUT2D eigenvalue weighted by Crippen LogP contribution is 2.50. The van der Waals surface area contributed by atoms with Gasteiger partial charge in [-0.3, -0.25) is 0 Å². The summed E-state index contributed by atoms with van der Waals surface area (Å²) in [6.07, 6.45) is 0. The van der Waals surface area contributed by atoms with Crippen molar-refractivity contribution in [3.63, 3.8) is 0 Å². The van der Waals surface area contributed by atoms with Crippen molar-refractivity contribution < 1.29 is 36.6 Å². The number of hydrogen-bond donors (Lipinski definition) is 1. The summed E-state index contributed by atoms with van der Waals surface area (Å²) in [5.41, 5.74) is -7.61. The Kier molecular flexibility index (Phi) is 4.71. The lowest BCUT2D eigenvalue weighted by Crippen LogP contribution is -2.16. The Morgan fingerprint density at radius 3 is 1.41 bits per heavy atom. The molecule has 0 spiro atoms. The molecule has 0 amide bonds. The summed E-state index contributed by atoms with van der Waals surface area (Å²) in [4.78, 5) is 0. The van der Waals surface area contributed by atoms with Crippen LogP contribution in [0.15, 0.2) is 194 Å². The predicted octanol–water partition coefficient (Wildman–Crippen LogP) is 16.2. The maximum Gasteiger partial charge on any atom is 0.116 e. The fourth-order valence-corrected chi connectivity index (χ4v) is 11.7. The van der Waals surface area contributed by atoms with Crippen molar-refractivity contribution in [1.29, 1.82) is 10.5 Å². The summed E-state index contributed by atoms with van der Waals surface area (Å²) in [5, 5.41) is 36.4. The number of aromatic hydroxyl groups is 1. The molecule has 0 aliphatic rings. The third-order valence-electron chi connectivity index (χ3n) is 13.2. The van der Waals surface area contributed by atoms with Crippen LogP contribution in [0, 0.1) is 29.6 Å². The van der Waals surface area contributed by atoms with Crippen molar-refractivity contribution in [3.05, 3.63) is 210 Å². The summed E-state index contributed by atoms with van der Waals surface area (Å²) in [7, 11) is 0. The summed E-state index contributed by atoms with van der Waals surface area (Å²) in [5.74, 6) is -1.16. The largest absolute Gasteiger partial charge is 0.508 e. The zero-order valence-electron chi connectivity index (χ0n) is 59.2. The van der Waals surface area contributed by atoms with E-state index in [-0.39, 0.29) is 11.0 Å². The number of benzene rings is 10. The number of hydrogen-bond acceptors (Lipinski definition) is 4. The first-order chi connectivity index (χ1) is 44.6. The second kappa shape index (κ2) is 14.5. The van der Waals surface area contributed by atoms with Crippen LogP contribution in [0.4, 0.5) is 0 Å². The van der Waals surface area contributed by atoms with Crippen LogP contribution in [0.5, 0.6) is 5.75 Å². The standard InChI is InChI=1S/C63H36N6OS/c1-36-26-30-56-46(32-36)44-28-29-45-43-19-7-13-25-57(43)71-63(45)62(44)69(56)61-49(35-65)59(66-50-20-8-2-14-38(50)39-15-3-9-21-51(39)66)58(68-54-24-12-6-18-42(54)47-33-37(70)27-31-55(47)68)48(34-64)60(61)67-52-22-10-4-16-40(52)41-17-5-11-23-53(41)67/h2-33,70H,1H3/i2D,3D,4D,5D,6D,8D,9D,10D,11D,12D,14D,15D,16D,17D,18D,20D,21D,22D,23D,24D,27D,31D,33D. The number of aryl methyl sites for hydroxylation is 1. The van der Waals surface area contributed by atoms with E-state index in [1.807, 2.05) is 49.4 Å². The average Bonchev–Trinajstić information content (AvgIpc) is 1.48. The number of phenolic OH excluding ortho intramolecular Hbond substituents is 1. The van der Waals surface area contributed by atoms with Gasteiger partial charge < -0.3 is 23.4 Å². The van der Waals surface area contributed by atoms with Gasteiger partial charge in [0.2, 0.25) is 0 Å². The average molecular weight is 948 g/mol. The zero-order valence-corrected chi connectivity index (χ0v) is 37.1. The minimum Gasteiger partial charge on any atom is -0.508 e. The lowest BCUT2D eigenvalue weighted by molar-refractivity contribution is 0.476. The second-order valence-electron chi connectivity index (χ2n) is 16.7. The molecule has 71 heavy (non-hydrogen) atoms. The fourth-order valence-electron chi connectivity index (χ4n) is 10.4. The Balaban J connectivity index is 1.41. The molecule has 7 nitrogen and oxygen atoms in total. The summed E-state index contributed by atoms with van der Waals surface area (Å²) >= 11 is 1.30. The quantitative estimate of drug-likeness (QED) is 0.191. The third kappa shape index (κ3) is 5.18. The molecule has 0 aliphatic heterocycles. The molecule has 0 fully saturated rings. The number of para-hydroxylation sites is 5. The van der Waals surface area contributed by atoms with Crippen molar-refractivity contribution >= 4 is 119 Å². The molecule has 5 aromatic heterocycles. The van der Waals surface area contributed by atoms with Crippen molar-refractivity contribution in [2.24, 2.45) is 0 Å². The Hall–Kier alpha value is -9.60. The Labute approximate surface area is 441 Å². The maximum absolute atomic E-state index is 13.0. The van der Waals surface area contributed by atoms with Crippen molar-refractivity contribution in [1.82, 2.24) is 18.3 Å². The van der Waals surface area contributed by atoms with Crippen molar-refractivity contribution in [3.8, 4) is 40.6 Å². The molecule has 15 rings (SSSR count). The molecule has 0 saturated heterocycles. The van der Waals surface area contributed by atoms with Gasteiger partial charge in [-0.15, -0.1) is 11.3 Å². The number of phenols is 1. The van der Waals surface area contributed by atoms with Crippen LogP contribution in [0.3, 0.4) is 0 Å². The van der Waals surface area contributed by atoms with E-state index in [1.165, 1.54) is 15.9 Å². The smallest absolute Gasteiger partial charge is 0.116 e. The van der Waals surface area contributed by atoms with E-state index in [4.69, 9.17) is 6.85 Å². The summed E-state index contributed by atoms with van der Waals surface area (Å²) < 4.78 is 223. The summed E-state index contributed by atoms with van der Waals surface area (Å²) in [6, 6.07) is -0.631. The minimum atomic E-state index is -1.16. The topological polar surface area (TPSA) is 87.5 Å². The summed E-state index contributed by atoms with van der Waals surface area (Å²) in [6.45, 7) is 1.81. The second-order valence-corrected chi connectivity index (χ2v) is 17.8. The maximum atomic E-state index is 13.0. The molecule has 0 aliphatic carbocycles. The van der Waals surface area contributed by atoms with E-state index < -0.39 is 244 Å². The monoisotopic (exact) mass is 947 g/mol. The van der Waals surface area contributed by atoms with Gasteiger partial charge in [0.15, 0.2) is 0 Å². The van der Waals surface area contributed by atoms with E-state index in [0.29, 0.717) is 26.4 Å². The van der Waals surface area contributed by atoms with E-state index >= 15 is 0 Å². The van der Waals surface area contributed by atoms with Gasteiger partial charge in [-0.25, -0.2) is 0 Å². The number of nitriles is 2. The van der Waals surface area contributed by atoms with Crippen molar-refractivity contribution in [2.45, 2.75) is 6.92 Å². The molecule has 0 bridgehead atoms. The third-order valence-corrected chi connectivity index (χ3v) is 14.3. The van der Waals surface area contributed by atoms with Gasteiger partial charge in [0.1, 0.15) is 29.0 Å². The van der Waals surface area contributed by atoms with E-state index in [0.717, 1.165) is 23.8 Å². The molecule has 0 atom stereocenters. The Morgan fingerprint density at radius 2 is 0.887 bits per heavy atom. The number of fused-ring (bicyclic) bond motifs is 16. The minimum absolute atomic E-state index is 0.217. The molecule has 5 heterocycles. The first-order valence-electron chi connectivity index (χ1n) is 33.2. The van der Waals surface area contributed by atoms with Crippen LogP contribution in [-0.4, -0.2) is 23.4 Å². The van der Waals surface area contributed by atoms with Crippen LogP contribution < -0.4 is 0 Å². The normalized spacial score (nSPS) is 16.6. The molecular formula is C63H36N6OS. The molecule has 330 valence electrons. The van der Waals surface area contributed by atoms with Crippen LogP contribution in [0.25, 0.3) is 130 Å². The number of rotatable bonds is 4.